The average molecular weight is 449 g/mol. The van der Waals surface area contributed by atoms with Gasteiger partial charge >= 0.3 is 0 Å². The van der Waals surface area contributed by atoms with Crippen LogP contribution < -0.4 is 0 Å². The van der Waals surface area contributed by atoms with Gasteiger partial charge in [-0.15, -0.1) is 8.86 Å². The van der Waals surface area contributed by atoms with E-state index in [9.17, 15) is 4.21 Å². The summed E-state index contributed by atoms with van der Waals surface area (Å²) in [5, 5.41) is 2.40. The van der Waals surface area contributed by atoms with Crippen molar-refractivity contribution in [3.05, 3.63) is 33.8 Å². The van der Waals surface area contributed by atoms with Crippen LogP contribution in [-0.4, -0.2) is 27.4 Å². The second kappa shape index (κ2) is 11.2. The van der Waals surface area contributed by atoms with E-state index in [1.807, 2.05) is 12.1 Å². The van der Waals surface area contributed by atoms with Crippen LogP contribution in [0.15, 0.2) is 18.2 Å². The zero-order valence-electron chi connectivity index (χ0n) is 17.2. The summed E-state index contributed by atoms with van der Waals surface area (Å²) in [6.45, 7) is 6.57. The lowest BCUT2D eigenvalue weighted by Gasteiger charge is -2.31. The van der Waals surface area contributed by atoms with E-state index in [1.54, 1.807) is 6.26 Å². The van der Waals surface area contributed by atoms with E-state index in [1.165, 1.54) is 23.7 Å². The highest BCUT2D eigenvalue weighted by Crippen LogP contribution is 2.36. The molecule has 0 aromatic heterocycles. The fraction of sp³-hybridized carbons (Fsp3) is 0.636. The minimum absolute atomic E-state index is 0.0704. The van der Waals surface area contributed by atoms with Crippen LogP contribution in [0.4, 0.5) is 0 Å². The predicted molar refractivity (Wildman–Crippen MR) is 130 cm³/mol. The highest BCUT2D eigenvalue weighted by molar-refractivity contribution is 7.99. The zero-order valence-corrected chi connectivity index (χ0v) is 20.6. The molecule has 3 atom stereocenters. The van der Waals surface area contributed by atoms with E-state index in [4.69, 9.17) is 23.2 Å². The summed E-state index contributed by atoms with van der Waals surface area (Å²) in [6, 6.07) is 5.93. The highest BCUT2D eigenvalue weighted by atomic mass is 35.5. The Hall–Kier alpha value is -0.0100. The smallest absolute Gasteiger partial charge is 0.0595 e. The average Bonchev–Trinajstić information content (AvgIpc) is 2.55. The molecule has 0 saturated heterocycles. The molecule has 1 nitrogen and oxygen atoms in total. The fourth-order valence-corrected chi connectivity index (χ4v) is 5.59. The Morgan fingerprint density at radius 3 is 2.41 bits per heavy atom. The number of hydrogen-bond donors (Lipinski definition) is 0. The predicted octanol–water partition coefficient (Wildman–Crippen LogP) is 7.30. The van der Waals surface area contributed by atoms with Gasteiger partial charge in [-0.25, -0.2) is 0 Å². The van der Waals surface area contributed by atoms with E-state index in [0.717, 1.165) is 37.9 Å². The SMILES string of the molecule is C=S(C)(=O)CC(CCC)CCCCCC(C)(C(C)=P)c1ccc(Cl)c(Cl)c1. The highest BCUT2D eigenvalue weighted by Gasteiger charge is 2.28. The quantitative estimate of drug-likeness (QED) is 0.186. The third kappa shape index (κ3) is 8.48. The van der Waals surface area contributed by atoms with Gasteiger partial charge in [0.05, 0.1) is 10.0 Å². The largest absolute Gasteiger partial charge is 0.268 e. The topological polar surface area (TPSA) is 17.1 Å². The molecule has 1 rings (SSSR count). The van der Waals surface area contributed by atoms with Crippen molar-refractivity contribution in [1.82, 2.24) is 0 Å². The molecule has 0 aliphatic rings. The molecule has 0 heterocycles. The number of halogens is 2. The summed E-state index contributed by atoms with van der Waals surface area (Å²) < 4.78 is 12.0. The molecule has 0 aliphatic carbocycles. The van der Waals surface area contributed by atoms with E-state index in [0.29, 0.717) is 16.0 Å². The van der Waals surface area contributed by atoms with Crippen molar-refractivity contribution < 1.29 is 4.21 Å². The van der Waals surface area contributed by atoms with E-state index >= 15 is 0 Å². The van der Waals surface area contributed by atoms with Crippen molar-refractivity contribution in [3.63, 3.8) is 0 Å². The lowest BCUT2D eigenvalue weighted by molar-refractivity contribution is 0.444. The molecule has 0 saturated carbocycles. The monoisotopic (exact) mass is 448 g/mol. The second-order valence-corrected chi connectivity index (χ2v) is 12.5. The Morgan fingerprint density at radius 1 is 1.22 bits per heavy atom. The van der Waals surface area contributed by atoms with Gasteiger partial charge in [0.25, 0.3) is 0 Å². The van der Waals surface area contributed by atoms with Crippen molar-refractivity contribution >= 4 is 52.8 Å². The molecule has 1 aromatic carbocycles. The molecular weight excluding hydrogens is 414 g/mol. The molecule has 0 bridgehead atoms. The van der Waals surface area contributed by atoms with E-state index in [2.05, 4.69) is 41.6 Å². The fourth-order valence-electron chi connectivity index (χ4n) is 3.69. The van der Waals surface area contributed by atoms with Gasteiger partial charge in [0.2, 0.25) is 0 Å². The van der Waals surface area contributed by atoms with Crippen LogP contribution in [0.5, 0.6) is 0 Å². The molecule has 154 valence electrons. The number of hydrogen-bond acceptors (Lipinski definition) is 1. The summed E-state index contributed by atoms with van der Waals surface area (Å²) in [7, 11) is 1.88. The van der Waals surface area contributed by atoms with Crippen LogP contribution in [0.25, 0.3) is 0 Å². The van der Waals surface area contributed by atoms with Gasteiger partial charge in [0.1, 0.15) is 0 Å². The van der Waals surface area contributed by atoms with Gasteiger partial charge < -0.3 is 0 Å². The maximum Gasteiger partial charge on any atom is 0.0595 e. The van der Waals surface area contributed by atoms with E-state index in [-0.39, 0.29) is 5.41 Å². The van der Waals surface area contributed by atoms with Gasteiger partial charge in [-0.05, 0) is 70.5 Å². The summed E-state index contributed by atoms with van der Waals surface area (Å²) in [5.41, 5.74) is 1.12. The van der Waals surface area contributed by atoms with E-state index < -0.39 is 9.52 Å². The third-order valence-electron chi connectivity index (χ3n) is 5.46. The lowest BCUT2D eigenvalue weighted by atomic mass is 9.75. The van der Waals surface area contributed by atoms with Gasteiger partial charge in [0.15, 0.2) is 0 Å². The first-order chi connectivity index (χ1) is 12.5. The Bertz CT molecular complexity index is 730. The summed E-state index contributed by atoms with van der Waals surface area (Å²) in [5.74, 6) is 5.13. The van der Waals surface area contributed by atoms with Gasteiger partial charge in [-0.2, -0.15) is 0 Å². The first kappa shape index (κ1) is 25.0. The molecule has 0 fully saturated rings. The van der Waals surface area contributed by atoms with Crippen LogP contribution in [0.2, 0.25) is 10.0 Å². The Balaban J connectivity index is 2.62. The van der Waals surface area contributed by atoms with Crippen molar-refractivity contribution in [3.8, 4) is 0 Å². The second-order valence-electron chi connectivity index (χ2n) is 8.19. The van der Waals surface area contributed by atoms with Gasteiger partial charge in [-0.1, -0.05) is 68.8 Å². The molecule has 27 heavy (non-hydrogen) atoms. The third-order valence-corrected chi connectivity index (χ3v) is 7.93. The minimum Gasteiger partial charge on any atom is -0.268 e. The molecule has 0 radical (unpaired) electrons. The molecule has 0 N–H and O–H groups in total. The van der Waals surface area contributed by atoms with Crippen LogP contribution in [0.3, 0.4) is 0 Å². The van der Waals surface area contributed by atoms with Crippen LogP contribution in [0, 0.1) is 5.92 Å². The first-order valence-corrected chi connectivity index (χ1v) is 13.4. The molecular formula is C22H35Cl2OPS. The van der Waals surface area contributed by atoms with Gasteiger partial charge in [-0.3, -0.25) is 4.21 Å². The molecule has 1 aromatic rings. The molecule has 3 unspecified atom stereocenters. The van der Waals surface area contributed by atoms with Crippen LogP contribution in [-0.2, 0) is 14.9 Å². The summed E-state index contributed by atoms with van der Waals surface area (Å²) in [4.78, 5) is 0. The summed E-state index contributed by atoms with van der Waals surface area (Å²) in [6.07, 6.45) is 9.78. The number of rotatable bonds is 12. The molecule has 0 aliphatic heterocycles. The number of unbranched alkanes of at least 4 members (excludes halogenated alkanes) is 2. The van der Waals surface area contributed by atoms with Crippen molar-refractivity contribution in [2.75, 3.05) is 12.0 Å². The summed E-state index contributed by atoms with van der Waals surface area (Å²) >= 11 is 12.3. The molecule has 5 heteroatoms. The molecule has 0 amide bonds. The maximum atomic E-state index is 12.0. The van der Waals surface area contributed by atoms with Crippen LogP contribution in [0.1, 0.15) is 71.3 Å². The van der Waals surface area contributed by atoms with Crippen LogP contribution >= 0.6 is 32.1 Å². The van der Waals surface area contributed by atoms with Crippen molar-refractivity contribution in [2.24, 2.45) is 5.92 Å². The molecule has 0 spiro atoms. The zero-order chi connectivity index (χ0) is 20.7. The Kier molecular flexibility index (Phi) is 10.4. The maximum absolute atomic E-state index is 12.0. The normalized spacial score (nSPS) is 17.1. The van der Waals surface area contributed by atoms with Gasteiger partial charge in [0, 0.05) is 17.4 Å². The lowest BCUT2D eigenvalue weighted by Crippen LogP contribution is -2.29. The first-order valence-electron chi connectivity index (χ1n) is 9.80. The standard InChI is InChI=1S/C22H35Cl2OPS/c1-6-10-18(16-27(4,5)25)11-8-7-9-14-22(3,17(2)26)19-12-13-20(23)21(24)15-19/h12-13,15,18,26H,4,6-11,14,16H2,1-3,5H3. The number of benzene rings is 1. The Labute approximate surface area is 179 Å². The van der Waals surface area contributed by atoms with Crippen molar-refractivity contribution in [2.45, 2.75) is 71.1 Å². The Morgan fingerprint density at radius 2 is 1.89 bits per heavy atom. The minimum atomic E-state index is -1.90. The van der Waals surface area contributed by atoms with Crippen molar-refractivity contribution in [1.29, 1.82) is 0 Å².